The highest BCUT2D eigenvalue weighted by atomic mass is 32.2. The Morgan fingerprint density at radius 3 is 2.37 bits per heavy atom. The number of sulfonamides is 1. The Hall–Kier alpha value is -2.22. The molecule has 30 heavy (non-hydrogen) atoms. The van der Waals surface area contributed by atoms with Crippen LogP contribution in [0.15, 0.2) is 47.4 Å². The molecule has 2 aromatic rings. The molecular formula is C23H31N3O3S. The molecule has 0 bridgehead atoms. The lowest BCUT2D eigenvalue weighted by molar-refractivity contribution is 0.102. The second-order valence-electron chi connectivity index (χ2n) is 8.30. The van der Waals surface area contributed by atoms with Crippen LogP contribution in [0.4, 0.5) is 5.69 Å². The third kappa shape index (κ3) is 5.28. The van der Waals surface area contributed by atoms with Gasteiger partial charge >= 0.3 is 0 Å². The number of hydrogen-bond donors (Lipinski definition) is 2. The molecule has 1 unspecified atom stereocenters. The summed E-state index contributed by atoms with van der Waals surface area (Å²) in [5, 5.41) is 2.90. The van der Waals surface area contributed by atoms with E-state index in [1.165, 1.54) is 6.07 Å². The van der Waals surface area contributed by atoms with Crippen LogP contribution in [-0.4, -0.2) is 45.4 Å². The van der Waals surface area contributed by atoms with Crippen molar-refractivity contribution in [1.82, 2.24) is 9.62 Å². The Morgan fingerprint density at radius 2 is 1.73 bits per heavy atom. The van der Waals surface area contributed by atoms with E-state index in [1.807, 2.05) is 38.1 Å². The average Bonchev–Trinajstić information content (AvgIpc) is 2.69. The minimum Gasteiger partial charge on any atom is -0.322 e. The van der Waals surface area contributed by atoms with E-state index in [4.69, 9.17) is 0 Å². The maximum atomic E-state index is 12.9. The summed E-state index contributed by atoms with van der Waals surface area (Å²) in [4.78, 5) is 15.1. The van der Waals surface area contributed by atoms with Crippen molar-refractivity contribution in [3.8, 4) is 0 Å². The van der Waals surface area contributed by atoms with Gasteiger partial charge in [0.1, 0.15) is 0 Å². The maximum absolute atomic E-state index is 12.9. The molecule has 0 radical (unpaired) electrons. The van der Waals surface area contributed by atoms with Crippen molar-refractivity contribution in [3.63, 3.8) is 0 Å². The number of hydrogen-bond acceptors (Lipinski definition) is 4. The molecule has 7 heteroatoms. The van der Waals surface area contributed by atoms with Gasteiger partial charge in [-0.15, -0.1) is 0 Å². The highest BCUT2D eigenvalue weighted by molar-refractivity contribution is 7.89. The first-order chi connectivity index (χ1) is 14.2. The smallest absolute Gasteiger partial charge is 0.255 e. The number of anilines is 1. The van der Waals surface area contributed by atoms with Crippen LogP contribution in [0.2, 0.25) is 0 Å². The Morgan fingerprint density at radius 1 is 1.07 bits per heavy atom. The number of likely N-dealkylation sites (tertiary alicyclic amines) is 1. The molecule has 3 rings (SSSR count). The summed E-state index contributed by atoms with van der Waals surface area (Å²) in [5.74, 6) is 0.0784. The largest absolute Gasteiger partial charge is 0.322 e. The van der Waals surface area contributed by atoms with Crippen LogP contribution in [0.5, 0.6) is 0 Å². The number of carbonyl (C=O) groups is 1. The molecule has 1 saturated heterocycles. The van der Waals surface area contributed by atoms with E-state index in [9.17, 15) is 13.2 Å². The lowest BCUT2D eigenvalue weighted by Gasteiger charge is -2.32. The fourth-order valence-corrected chi connectivity index (χ4v) is 5.30. The van der Waals surface area contributed by atoms with Crippen molar-refractivity contribution in [2.75, 3.05) is 25.5 Å². The van der Waals surface area contributed by atoms with E-state index in [-0.39, 0.29) is 16.8 Å². The molecule has 0 aromatic heterocycles. The maximum Gasteiger partial charge on any atom is 0.255 e. The third-order valence-corrected chi connectivity index (χ3v) is 7.51. The van der Waals surface area contributed by atoms with Crippen LogP contribution in [0, 0.1) is 19.8 Å². The van der Waals surface area contributed by atoms with Crippen molar-refractivity contribution < 1.29 is 13.2 Å². The minimum absolute atomic E-state index is 0.131. The molecule has 0 aliphatic carbocycles. The summed E-state index contributed by atoms with van der Waals surface area (Å²) >= 11 is 0. The summed E-state index contributed by atoms with van der Waals surface area (Å²) in [7, 11) is -1.56. The molecule has 0 saturated carbocycles. The number of amides is 1. The topological polar surface area (TPSA) is 78.5 Å². The van der Waals surface area contributed by atoms with Crippen LogP contribution in [-0.2, 0) is 10.0 Å². The highest BCUT2D eigenvalue weighted by Crippen LogP contribution is 2.23. The predicted octanol–water partition coefficient (Wildman–Crippen LogP) is 3.56. The summed E-state index contributed by atoms with van der Waals surface area (Å²) in [6.45, 7) is 7.59. The molecular weight excluding hydrogens is 398 g/mol. The van der Waals surface area contributed by atoms with Gasteiger partial charge in [-0.3, -0.25) is 4.79 Å². The first-order valence-electron chi connectivity index (χ1n) is 10.4. The summed E-state index contributed by atoms with van der Waals surface area (Å²) in [5.41, 5.74) is 2.79. The minimum atomic E-state index is -3.65. The van der Waals surface area contributed by atoms with Crippen molar-refractivity contribution in [1.29, 1.82) is 0 Å². The zero-order chi connectivity index (χ0) is 21.9. The number of nitrogens with one attached hydrogen (secondary N) is 2. The fourth-order valence-electron chi connectivity index (χ4n) is 3.90. The van der Waals surface area contributed by atoms with E-state index >= 15 is 0 Å². The number of nitrogens with zero attached hydrogens (tertiary/aromatic N) is 1. The highest BCUT2D eigenvalue weighted by Gasteiger charge is 2.27. The van der Waals surface area contributed by atoms with E-state index < -0.39 is 10.0 Å². The summed E-state index contributed by atoms with van der Waals surface area (Å²) < 4.78 is 28.6. The van der Waals surface area contributed by atoms with Crippen molar-refractivity contribution in [2.45, 2.75) is 44.6 Å². The lowest BCUT2D eigenvalue weighted by Crippen LogP contribution is -2.43. The Balaban J connectivity index is 1.72. The van der Waals surface area contributed by atoms with Gasteiger partial charge in [-0.05, 0) is 95.1 Å². The zero-order valence-corrected chi connectivity index (χ0v) is 18.9. The molecule has 2 aromatic carbocycles. The van der Waals surface area contributed by atoms with Crippen LogP contribution >= 0.6 is 0 Å². The standard InChI is InChI=1S/C23H31N3O3S/c1-16-7-5-6-8-22(16)24-23(27)21-10-9-20(15-17(21)2)30(28,29)25-18(3)19-11-13-26(4)14-12-19/h5-10,15,18-19,25H,11-14H2,1-4H3,(H,24,27). The molecule has 6 nitrogen and oxygen atoms in total. The summed E-state index contributed by atoms with van der Waals surface area (Å²) in [6, 6.07) is 12.1. The van der Waals surface area contributed by atoms with Gasteiger partial charge in [0.05, 0.1) is 4.90 Å². The fraction of sp³-hybridized carbons (Fsp3) is 0.435. The number of aryl methyl sites for hydroxylation is 2. The number of carbonyl (C=O) groups excluding carboxylic acids is 1. The molecule has 1 aliphatic rings. The van der Waals surface area contributed by atoms with Gasteiger partial charge in [0.25, 0.3) is 5.91 Å². The summed E-state index contributed by atoms with van der Waals surface area (Å²) in [6.07, 6.45) is 1.97. The Kier molecular flexibility index (Phi) is 6.95. The molecule has 1 heterocycles. The predicted molar refractivity (Wildman–Crippen MR) is 120 cm³/mol. The molecule has 0 spiro atoms. The van der Waals surface area contributed by atoms with Gasteiger partial charge in [0, 0.05) is 17.3 Å². The van der Waals surface area contributed by atoms with Crippen molar-refractivity contribution in [2.24, 2.45) is 5.92 Å². The molecule has 162 valence electrons. The van der Waals surface area contributed by atoms with Gasteiger partial charge < -0.3 is 10.2 Å². The molecule has 2 N–H and O–H groups in total. The van der Waals surface area contributed by atoms with Crippen molar-refractivity contribution >= 4 is 21.6 Å². The second kappa shape index (κ2) is 9.29. The van der Waals surface area contributed by atoms with Crippen molar-refractivity contribution in [3.05, 3.63) is 59.2 Å². The Labute approximate surface area is 179 Å². The van der Waals surface area contributed by atoms with Crippen LogP contribution < -0.4 is 10.0 Å². The third-order valence-electron chi connectivity index (χ3n) is 5.96. The second-order valence-corrected chi connectivity index (χ2v) is 10.0. The SMILES string of the molecule is Cc1ccccc1NC(=O)c1ccc(S(=O)(=O)NC(C)C2CCN(C)CC2)cc1C. The normalized spacial score (nSPS) is 16.9. The van der Waals surface area contributed by atoms with Gasteiger partial charge in [0.2, 0.25) is 10.0 Å². The van der Waals surface area contributed by atoms with E-state index in [0.717, 1.165) is 37.2 Å². The monoisotopic (exact) mass is 429 g/mol. The van der Waals surface area contributed by atoms with E-state index in [1.54, 1.807) is 19.1 Å². The molecule has 1 amide bonds. The van der Waals surface area contributed by atoms with E-state index in [0.29, 0.717) is 17.0 Å². The quantitative estimate of drug-likeness (QED) is 0.736. The van der Waals surface area contributed by atoms with Gasteiger partial charge in [-0.25, -0.2) is 13.1 Å². The molecule has 1 aliphatic heterocycles. The van der Waals surface area contributed by atoms with Crippen LogP contribution in [0.3, 0.4) is 0 Å². The molecule has 1 atom stereocenters. The Bertz CT molecular complexity index is 1010. The van der Waals surface area contributed by atoms with Gasteiger partial charge in [0.15, 0.2) is 0 Å². The lowest BCUT2D eigenvalue weighted by atomic mass is 9.91. The zero-order valence-electron chi connectivity index (χ0n) is 18.1. The average molecular weight is 430 g/mol. The number of para-hydroxylation sites is 1. The number of piperidine rings is 1. The first kappa shape index (κ1) is 22.5. The number of benzene rings is 2. The molecule has 1 fully saturated rings. The van der Waals surface area contributed by atoms with Crippen LogP contribution in [0.25, 0.3) is 0 Å². The van der Waals surface area contributed by atoms with E-state index in [2.05, 4.69) is 22.0 Å². The van der Waals surface area contributed by atoms with Gasteiger partial charge in [-0.1, -0.05) is 18.2 Å². The first-order valence-corrected chi connectivity index (χ1v) is 11.8. The van der Waals surface area contributed by atoms with Gasteiger partial charge in [-0.2, -0.15) is 0 Å². The van der Waals surface area contributed by atoms with Crippen LogP contribution in [0.1, 0.15) is 41.3 Å². The number of rotatable bonds is 6.